The fourth-order valence-corrected chi connectivity index (χ4v) is 10.9. The number of piperidine rings is 1. The zero-order valence-corrected chi connectivity index (χ0v) is 35.7. The van der Waals surface area contributed by atoms with Crippen LogP contribution < -0.4 is 5.32 Å². The number of ether oxygens (including phenoxy) is 2. The van der Waals surface area contributed by atoms with Crippen molar-refractivity contribution < 1.29 is 37.1 Å². The molecule has 1 aromatic rings. The number of nitrogens with zero attached hydrogens (tertiary/aromatic N) is 2. The molecule has 310 valence electrons. The van der Waals surface area contributed by atoms with Crippen LogP contribution >= 0.6 is 0 Å². The largest absolute Gasteiger partial charge is 0.379 e. The highest BCUT2D eigenvalue weighted by atomic mass is 32.2. The van der Waals surface area contributed by atoms with Crippen molar-refractivity contribution in [1.29, 1.82) is 0 Å². The Labute approximate surface area is 330 Å². The number of nitrogens with one attached hydrogen (secondary N) is 1. The normalized spacial score (nSPS) is 24.9. The summed E-state index contributed by atoms with van der Waals surface area (Å²) in [4.78, 5) is 59.5. The predicted molar refractivity (Wildman–Crippen MR) is 215 cm³/mol. The first-order valence-corrected chi connectivity index (χ1v) is 22.7. The Balaban J connectivity index is 1.46. The zero-order valence-electron chi connectivity index (χ0n) is 34.9. The maximum absolute atomic E-state index is 14.3. The SMILES string of the molecule is CC[C@H](C)[C@@H]([C@@H](CC(=O)N1CCC[C@H]1[C@H](OC)[C@@H](C)C(=O)C[C@@H](Cc1ccccc1)CS(C)(=O)=O)OC)N(C)C(=O)[C@@H](CC(=O)[C@H]1N[C@@H]2CC[C@H]1C2)C(C)C. The molecule has 3 fully saturated rings. The van der Waals surface area contributed by atoms with Crippen molar-refractivity contribution in [3.05, 3.63) is 35.9 Å². The summed E-state index contributed by atoms with van der Waals surface area (Å²) in [6, 6.07) is 9.10. The van der Waals surface area contributed by atoms with Crippen LogP contribution in [0.3, 0.4) is 0 Å². The first kappa shape index (κ1) is 45.0. The number of sulfone groups is 1. The average Bonchev–Trinajstić information content (AvgIpc) is 3.91. The van der Waals surface area contributed by atoms with Gasteiger partial charge in [-0.25, -0.2) is 8.42 Å². The second kappa shape index (κ2) is 20.1. The Morgan fingerprint density at radius 2 is 1.65 bits per heavy atom. The standard InChI is InChI=1S/C43H69N3O8S/c1-10-28(4)41(45(6)43(50)34(27(2)3)24-37(48)40-32-18-19-33(23-32)44-40)38(53-7)25-39(49)46-20-14-17-35(46)42(54-8)29(5)36(47)22-31(26-55(9,51)52)21-30-15-12-11-13-16-30/h11-13,15-16,27-29,31-35,38,40-42,44H,10,14,17-26H2,1-9H3/t28-,29-,31+,32-,33+,34-,35-,38+,40-,41-,42+/m0/s1. The maximum Gasteiger partial charge on any atom is 0.226 e. The molecule has 0 aromatic heterocycles. The predicted octanol–water partition coefficient (Wildman–Crippen LogP) is 5.14. The van der Waals surface area contributed by atoms with Gasteiger partial charge >= 0.3 is 0 Å². The molecule has 55 heavy (non-hydrogen) atoms. The molecule has 0 spiro atoms. The molecule has 11 nitrogen and oxygen atoms in total. The summed E-state index contributed by atoms with van der Waals surface area (Å²) in [7, 11) is 1.60. The fourth-order valence-electron chi connectivity index (χ4n) is 9.81. The molecule has 3 aliphatic rings. The number of amides is 2. The summed E-state index contributed by atoms with van der Waals surface area (Å²) >= 11 is 0. The lowest BCUT2D eigenvalue weighted by Crippen LogP contribution is -2.54. The molecule has 12 heteroatoms. The van der Waals surface area contributed by atoms with E-state index in [0.29, 0.717) is 31.3 Å². The van der Waals surface area contributed by atoms with Gasteiger partial charge in [0.05, 0.1) is 42.5 Å². The summed E-state index contributed by atoms with van der Waals surface area (Å²) in [6.45, 7) is 10.5. The topological polar surface area (TPSA) is 139 Å². The number of hydrogen-bond acceptors (Lipinski definition) is 9. The molecular formula is C43H69N3O8S. The first-order valence-electron chi connectivity index (χ1n) is 20.6. The number of benzene rings is 1. The van der Waals surface area contributed by atoms with Gasteiger partial charge in [-0.3, -0.25) is 19.2 Å². The number of Topliss-reactive ketones (excluding diaryl/α,β-unsaturated/α-hetero) is 2. The third-order valence-electron chi connectivity index (χ3n) is 13.0. The van der Waals surface area contributed by atoms with E-state index in [1.807, 2.05) is 56.0 Å². The summed E-state index contributed by atoms with van der Waals surface area (Å²) in [5.74, 6) is -1.38. The fraction of sp³-hybridized carbons (Fsp3) is 0.767. The van der Waals surface area contributed by atoms with Gasteiger partial charge in [-0.05, 0) is 67.8 Å². The zero-order chi connectivity index (χ0) is 40.6. The number of carbonyl (C=O) groups excluding carboxylic acids is 4. The Kier molecular flexibility index (Phi) is 16.5. The second-order valence-electron chi connectivity index (χ2n) is 17.3. The molecule has 1 aliphatic carbocycles. The van der Waals surface area contributed by atoms with Gasteiger partial charge in [0.1, 0.15) is 15.6 Å². The number of carbonyl (C=O) groups is 4. The van der Waals surface area contributed by atoms with Gasteiger partial charge in [0.25, 0.3) is 0 Å². The molecular weight excluding hydrogens is 719 g/mol. The van der Waals surface area contributed by atoms with Gasteiger partial charge in [0.15, 0.2) is 5.78 Å². The van der Waals surface area contributed by atoms with E-state index >= 15 is 0 Å². The van der Waals surface area contributed by atoms with Crippen molar-refractivity contribution in [2.45, 2.75) is 135 Å². The Morgan fingerprint density at radius 3 is 2.20 bits per heavy atom. The van der Waals surface area contributed by atoms with Crippen LogP contribution in [0.15, 0.2) is 30.3 Å². The van der Waals surface area contributed by atoms with Crippen molar-refractivity contribution in [2.75, 3.05) is 39.8 Å². The quantitative estimate of drug-likeness (QED) is 0.169. The third-order valence-corrected chi connectivity index (χ3v) is 14.1. The summed E-state index contributed by atoms with van der Waals surface area (Å²) < 4.78 is 36.7. The van der Waals surface area contributed by atoms with Crippen LogP contribution in [0.5, 0.6) is 0 Å². The van der Waals surface area contributed by atoms with E-state index in [1.54, 1.807) is 26.2 Å². The lowest BCUT2D eigenvalue weighted by Gasteiger charge is -2.41. The molecule has 2 aliphatic heterocycles. The van der Waals surface area contributed by atoms with Crippen LogP contribution in [-0.2, 0) is 44.9 Å². The smallest absolute Gasteiger partial charge is 0.226 e. The number of likely N-dealkylation sites (N-methyl/N-ethyl adjacent to an activating group) is 1. The van der Waals surface area contributed by atoms with Crippen LogP contribution in [0, 0.1) is 35.5 Å². The van der Waals surface area contributed by atoms with E-state index in [9.17, 15) is 27.6 Å². The lowest BCUT2D eigenvalue weighted by atomic mass is 9.83. The second-order valence-corrected chi connectivity index (χ2v) is 19.5. The highest BCUT2D eigenvalue weighted by Crippen LogP contribution is 2.37. The molecule has 4 rings (SSSR count). The van der Waals surface area contributed by atoms with Crippen molar-refractivity contribution in [3.63, 3.8) is 0 Å². The molecule has 1 saturated carbocycles. The monoisotopic (exact) mass is 787 g/mol. The van der Waals surface area contributed by atoms with Gasteiger partial charge in [-0.2, -0.15) is 0 Å². The Hall–Kier alpha value is -2.67. The molecule has 11 atom stereocenters. The van der Waals surface area contributed by atoms with E-state index in [0.717, 1.165) is 37.7 Å². The highest BCUT2D eigenvalue weighted by Gasteiger charge is 2.45. The molecule has 2 heterocycles. The minimum atomic E-state index is -3.33. The minimum Gasteiger partial charge on any atom is -0.379 e. The first-order chi connectivity index (χ1) is 26.0. The number of rotatable bonds is 22. The summed E-state index contributed by atoms with van der Waals surface area (Å²) in [6.07, 6.45) is 6.24. The third kappa shape index (κ3) is 11.7. The molecule has 1 aromatic carbocycles. The highest BCUT2D eigenvalue weighted by molar-refractivity contribution is 7.90. The van der Waals surface area contributed by atoms with Gasteiger partial charge in [0.2, 0.25) is 11.8 Å². The molecule has 2 saturated heterocycles. The molecule has 0 radical (unpaired) electrons. The van der Waals surface area contributed by atoms with Crippen LogP contribution in [0.25, 0.3) is 0 Å². The van der Waals surface area contributed by atoms with Crippen molar-refractivity contribution in [2.24, 2.45) is 35.5 Å². The van der Waals surface area contributed by atoms with Crippen LogP contribution in [0.1, 0.15) is 98.0 Å². The van der Waals surface area contributed by atoms with Gasteiger partial charge in [-0.1, -0.05) is 71.4 Å². The van der Waals surface area contributed by atoms with Crippen LogP contribution in [-0.4, -0.2) is 118 Å². The van der Waals surface area contributed by atoms with Gasteiger partial charge in [-0.15, -0.1) is 0 Å². The molecule has 1 N–H and O–H groups in total. The Bertz CT molecular complexity index is 1550. The van der Waals surface area contributed by atoms with Crippen LogP contribution in [0.2, 0.25) is 0 Å². The van der Waals surface area contributed by atoms with E-state index < -0.39 is 39.9 Å². The van der Waals surface area contributed by atoms with Crippen molar-refractivity contribution in [3.8, 4) is 0 Å². The number of fused-ring (bicyclic) bond motifs is 2. The lowest BCUT2D eigenvalue weighted by molar-refractivity contribution is -0.149. The van der Waals surface area contributed by atoms with Crippen molar-refractivity contribution in [1.82, 2.24) is 15.1 Å². The average molecular weight is 788 g/mol. The molecule has 2 amide bonds. The maximum atomic E-state index is 14.3. The van der Waals surface area contributed by atoms with E-state index in [4.69, 9.17) is 9.47 Å². The van der Waals surface area contributed by atoms with E-state index in [-0.39, 0.29) is 78.2 Å². The Morgan fingerprint density at radius 1 is 0.964 bits per heavy atom. The van der Waals surface area contributed by atoms with Gasteiger partial charge < -0.3 is 24.6 Å². The number of likely N-dealkylation sites (tertiary alicyclic amines) is 1. The van der Waals surface area contributed by atoms with E-state index in [1.165, 1.54) is 6.26 Å². The molecule has 2 bridgehead atoms. The van der Waals surface area contributed by atoms with Crippen LogP contribution in [0.4, 0.5) is 0 Å². The summed E-state index contributed by atoms with van der Waals surface area (Å²) in [5, 5.41) is 3.50. The van der Waals surface area contributed by atoms with Gasteiger partial charge in [0, 0.05) is 64.8 Å². The minimum absolute atomic E-state index is 0.0111. The number of ketones is 2. The molecule has 0 unspecified atom stereocenters. The van der Waals surface area contributed by atoms with E-state index in [2.05, 4.69) is 19.2 Å². The summed E-state index contributed by atoms with van der Waals surface area (Å²) in [5.41, 5.74) is 0.976. The number of hydrogen-bond donors (Lipinski definition) is 1. The number of methoxy groups -OCH3 is 2. The van der Waals surface area contributed by atoms with Crippen molar-refractivity contribution >= 4 is 33.2 Å².